The van der Waals surface area contributed by atoms with Gasteiger partial charge in [-0.3, -0.25) is 15.0 Å². The van der Waals surface area contributed by atoms with E-state index >= 15 is 0 Å². The van der Waals surface area contributed by atoms with Crippen LogP contribution in [0.25, 0.3) is 0 Å². The normalized spacial score (nSPS) is 31.4. The Morgan fingerprint density at radius 1 is 1.24 bits per heavy atom. The molecule has 1 aliphatic carbocycles. The predicted octanol–water partition coefficient (Wildman–Crippen LogP) is 0.581. The number of carbonyl (C=O) groups excluding carboxylic acids is 2. The molecule has 1 saturated heterocycles. The molecule has 1 aromatic carbocycles. The lowest BCUT2D eigenvalue weighted by molar-refractivity contribution is -0.128. The number of hydrazine groups is 1. The number of carbonyl (C=O) groups is 2. The van der Waals surface area contributed by atoms with Crippen LogP contribution in [0.1, 0.15) is 18.4 Å². The molecule has 4 nitrogen and oxygen atoms in total. The summed E-state index contributed by atoms with van der Waals surface area (Å²) in [6.45, 7) is 0. The van der Waals surface area contributed by atoms with E-state index in [-0.39, 0.29) is 17.7 Å². The average Bonchev–Trinajstić information content (AvgIpc) is 2.82. The van der Waals surface area contributed by atoms with Crippen LogP contribution >= 0.6 is 0 Å². The van der Waals surface area contributed by atoms with E-state index in [1.54, 1.807) is 0 Å². The zero-order valence-corrected chi connectivity index (χ0v) is 9.40. The SMILES string of the molecule is O=C1CCC2(Cc3ccccc3)C(=O)NNC12. The van der Waals surface area contributed by atoms with Crippen molar-refractivity contribution in [3.8, 4) is 0 Å². The number of Topliss-reactive ketones (excluding diaryl/α,β-unsaturated/α-hetero) is 1. The van der Waals surface area contributed by atoms with Crippen molar-refractivity contribution in [2.75, 3.05) is 0 Å². The highest BCUT2D eigenvalue weighted by atomic mass is 16.2. The van der Waals surface area contributed by atoms with Crippen molar-refractivity contribution in [2.45, 2.75) is 25.3 Å². The topological polar surface area (TPSA) is 58.2 Å². The van der Waals surface area contributed by atoms with Crippen LogP contribution in [-0.2, 0) is 16.0 Å². The second-order valence-corrected chi connectivity index (χ2v) is 4.82. The second-order valence-electron chi connectivity index (χ2n) is 4.82. The summed E-state index contributed by atoms with van der Waals surface area (Å²) in [4.78, 5) is 23.7. The summed E-state index contributed by atoms with van der Waals surface area (Å²) in [5.74, 6) is 0.0940. The lowest BCUT2D eigenvalue weighted by Gasteiger charge is -2.23. The molecule has 2 N–H and O–H groups in total. The highest BCUT2D eigenvalue weighted by molar-refractivity contribution is 6.00. The highest BCUT2D eigenvalue weighted by Gasteiger charge is 2.57. The van der Waals surface area contributed by atoms with E-state index in [0.717, 1.165) is 5.56 Å². The van der Waals surface area contributed by atoms with Gasteiger partial charge in [0, 0.05) is 6.42 Å². The van der Waals surface area contributed by atoms with Gasteiger partial charge in [0.2, 0.25) is 5.91 Å². The number of fused-ring (bicyclic) bond motifs is 1. The summed E-state index contributed by atoms with van der Waals surface area (Å²) in [5, 5.41) is 0. The highest BCUT2D eigenvalue weighted by Crippen LogP contribution is 2.41. The van der Waals surface area contributed by atoms with Crippen LogP contribution in [0.15, 0.2) is 30.3 Å². The smallest absolute Gasteiger partial charge is 0.242 e. The van der Waals surface area contributed by atoms with Crippen LogP contribution in [-0.4, -0.2) is 17.7 Å². The van der Waals surface area contributed by atoms with Gasteiger partial charge in [-0.1, -0.05) is 30.3 Å². The molecule has 2 unspecified atom stereocenters. The van der Waals surface area contributed by atoms with Crippen molar-refractivity contribution in [3.63, 3.8) is 0 Å². The molecule has 1 saturated carbocycles. The van der Waals surface area contributed by atoms with E-state index in [1.807, 2.05) is 30.3 Å². The minimum absolute atomic E-state index is 0.0443. The zero-order valence-electron chi connectivity index (χ0n) is 9.40. The van der Waals surface area contributed by atoms with Crippen molar-refractivity contribution in [3.05, 3.63) is 35.9 Å². The molecule has 4 heteroatoms. The maximum absolute atomic E-state index is 12.0. The minimum Gasteiger partial charge on any atom is -0.298 e. The number of ketones is 1. The van der Waals surface area contributed by atoms with E-state index in [4.69, 9.17) is 0 Å². The lowest BCUT2D eigenvalue weighted by Crippen LogP contribution is -2.40. The lowest BCUT2D eigenvalue weighted by atomic mass is 9.77. The fourth-order valence-corrected chi connectivity index (χ4v) is 2.90. The van der Waals surface area contributed by atoms with E-state index in [9.17, 15) is 9.59 Å². The van der Waals surface area contributed by atoms with Crippen molar-refractivity contribution in [2.24, 2.45) is 5.41 Å². The first-order valence-electron chi connectivity index (χ1n) is 5.85. The first-order valence-corrected chi connectivity index (χ1v) is 5.85. The molecule has 2 atom stereocenters. The van der Waals surface area contributed by atoms with E-state index in [1.165, 1.54) is 0 Å². The molecular weight excluding hydrogens is 216 g/mol. The van der Waals surface area contributed by atoms with Gasteiger partial charge in [-0.05, 0) is 18.4 Å². The molecule has 0 radical (unpaired) electrons. The number of rotatable bonds is 2. The maximum Gasteiger partial charge on any atom is 0.242 e. The second kappa shape index (κ2) is 3.67. The molecule has 1 heterocycles. The van der Waals surface area contributed by atoms with Gasteiger partial charge in [0.1, 0.15) is 0 Å². The molecule has 2 fully saturated rings. The minimum atomic E-state index is -0.571. The van der Waals surface area contributed by atoms with Crippen LogP contribution in [0, 0.1) is 5.41 Å². The summed E-state index contributed by atoms with van der Waals surface area (Å²) in [6, 6.07) is 9.51. The van der Waals surface area contributed by atoms with Gasteiger partial charge in [0.15, 0.2) is 5.78 Å². The Morgan fingerprint density at radius 3 is 2.76 bits per heavy atom. The van der Waals surface area contributed by atoms with Gasteiger partial charge in [-0.25, -0.2) is 5.43 Å². The summed E-state index contributed by atoms with van der Waals surface area (Å²) in [7, 11) is 0. The Morgan fingerprint density at radius 2 is 2.00 bits per heavy atom. The van der Waals surface area contributed by atoms with Crippen LogP contribution < -0.4 is 10.9 Å². The van der Waals surface area contributed by atoms with Gasteiger partial charge in [0.25, 0.3) is 0 Å². The molecule has 1 aromatic rings. The molecule has 0 aromatic heterocycles. The van der Waals surface area contributed by atoms with Crippen molar-refractivity contribution in [1.82, 2.24) is 10.9 Å². The van der Waals surface area contributed by atoms with Crippen LogP contribution in [0.3, 0.4) is 0 Å². The summed E-state index contributed by atoms with van der Waals surface area (Å²) in [6.07, 6.45) is 1.77. The molecule has 1 aliphatic heterocycles. The standard InChI is InChI=1S/C13H14N2O2/c16-10-6-7-13(11(10)14-15-12(13)17)8-9-4-2-1-3-5-9/h1-5,11,14H,6-8H2,(H,15,17). The number of amides is 1. The fourth-order valence-electron chi connectivity index (χ4n) is 2.90. The van der Waals surface area contributed by atoms with Crippen LogP contribution in [0.5, 0.6) is 0 Å². The summed E-state index contributed by atoms with van der Waals surface area (Å²) >= 11 is 0. The molecule has 2 aliphatic rings. The predicted molar refractivity (Wildman–Crippen MR) is 61.9 cm³/mol. The molecule has 3 rings (SSSR count). The molecular formula is C13H14N2O2. The molecule has 0 spiro atoms. The maximum atomic E-state index is 12.0. The molecule has 17 heavy (non-hydrogen) atoms. The fraction of sp³-hybridized carbons (Fsp3) is 0.385. The van der Waals surface area contributed by atoms with E-state index in [2.05, 4.69) is 10.9 Å². The number of hydrogen-bond donors (Lipinski definition) is 2. The zero-order chi connectivity index (χ0) is 11.9. The van der Waals surface area contributed by atoms with Gasteiger partial charge < -0.3 is 0 Å². The first kappa shape index (κ1) is 10.5. The third kappa shape index (κ3) is 1.48. The Balaban J connectivity index is 1.94. The third-order valence-electron chi connectivity index (χ3n) is 3.84. The van der Waals surface area contributed by atoms with Gasteiger partial charge in [-0.2, -0.15) is 0 Å². The van der Waals surface area contributed by atoms with Crippen molar-refractivity contribution < 1.29 is 9.59 Å². The number of hydrogen-bond acceptors (Lipinski definition) is 3. The van der Waals surface area contributed by atoms with Crippen LogP contribution in [0.2, 0.25) is 0 Å². The monoisotopic (exact) mass is 230 g/mol. The Labute approximate surface area is 99.4 Å². The Kier molecular flexibility index (Phi) is 2.26. The number of nitrogens with one attached hydrogen (secondary N) is 2. The Hall–Kier alpha value is -1.68. The number of benzene rings is 1. The van der Waals surface area contributed by atoms with Gasteiger partial charge >= 0.3 is 0 Å². The largest absolute Gasteiger partial charge is 0.298 e. The van der Waals surface area contributed by atoms with Crippen molar-refractivity contribution >= 4 is 11.7 Å². The quantitative estimate of drug-likeness (QED) is 0.781. The Bertz CT molecular complexity index is 472. The first-order chi connectivity index (χ1) is 8.22. The van der Waals surface area contributed by atoms with Crippen molar-refractivity contribution in [1.29, 1.82) is 0 Å². The summed E-state index contributed by atoms with van der Waals surface area (Å²) in [5.41, 5.74) is 5.97. The third-order valence-corrected chi connectivity index (χ3v) is 3.84. The van der Waals surface area contributed by atoms with E-state index in [0.29, 0.717) is 19.3 Å². The van der Waals surface area contributed by atoms with Crippen LogP contribution in [0.4, 0.5) is 0 Å². The molecule has 88 valence electrons. The van der Waals surface area contributed by atoms with Gasteiger partial charge in [0.05, 0.1) is 11.5 Å². The molecule has 0 bridgehead atoms. The average molecular weight is 230 g/mol. The van der Waals surface area contributed by atoms with E-state index < -0.39 is 5.41 Å². The van der Waals surface area contributed by atoms with Gasteiger partial charge in [-0.15, -0.1) is 0 Å². The summed E-state index contributed by atoms with van der Waals surface area (Å²) < 4.78 is 0. The molecule has 1 amide bonds.